The molecule has 0 aromatic carbocycles. The Morgan fingerprint density at radius 2 is 2.00 bits per heavy atom. The second kappa shape index (κ2) is 7.41. The van der Waals surface area contributed by atoms with E-state index in [0.717, 1.165) is 38.4 Å². The lowest BCUT2D eigenvalue weighted by atomic mass is 9.77. The lowest BCUT2D eigenvalue weighted by molar-refractivity contribution is -0.136. The molecule has 0 spiro atoms. The molecule has 2 unspecified atom stereocenters. The van der Waals surface area contributed by atoms with E-state index in [2.05, 4.69) is 17.6 Å². The average molecular weight is 282 g/mol. The van der Waals surface area contributed by atoms with Gasteiger partial charge in [-0.1, -0.05) is 26.2 Å². The fraction of sp³-hybridized carbons (Fsp3) is 0.938. The lowest BCUT2D eigenvalue weighted by Gasteiger charge is -2.36. The number of rotatable bonds is 5. The number of ether oxygens (including phenoxy) is 1. The molecule has 1 aliphatic carbocycles. The van der Waals surface area contributed by atoms with Crippen molar-refractivity contribution in [1.82, 2.24) is 10.6 Å². The summed E-state index contributed by atoms with van der Waals surface area (Å²) in [4.78, 5) is 12.6. The molecule has 1 amide bonds. The summed E-state index contributed by atoms with van der Waals surface area (Å²) in [5, 5.41) is 6.56. The molecule has 1 aliphatic heterocycles. The zero-order valence-electron chi connectivity index (χ0n) is 13.0. The standard InChI is InChI=1S/C16H30N2O2/c1-13-5-3-4-6-14(13)11-18-15(19)16(12-20-2)7-9-17-10-8-16/h13-14,17H,3-12H2,1-2H3,(H,18,19). The van der Waals surface area contributed by atoms with Crippen LogP contribution in [-0.4, -0.2) is 39.3 Å². The van der Waals surface area contributed by atoms with Crippen LogP contribution in [0.1, 0.15) is 45.4 Å². The smallest absolute Gasteiger partial charge is 0.228 e. The van der Waals surface area contributed by atoms with Crippen LogP contribution in [0.2, 0.25) is 0 Å². The number of hydrogen-bond donors (Lipinski definition) is 2. The largest absolute Gasteiger partial charge is 0.384 e. The Kier molecular flexibility index (Phi) is 5.85. The second-order valence-electron chi connectivity index (χ2n) is 6.70. The van der Waals surface area contributed by atoms with E-state index < -0.39 is 0 Å². The Balaban J connectivity index is 1.87. The predicted molar refractivity (Wildman–Crippen MR) is 80.5 cm³/mol. The van der Waals surface area contributed by atoms with Crippen molar-refractivity contribution in [1.29, 1.82) is 0 Å². The van der Waals surface area contributed by atoms with Gasteiger partial charge in [0.2, 0.25) is 5.91 Å². The quantitative estimate of drug-likeness (QED) is 0.810. The third-order valence-electron chi connectivity index (χ3n) is 5.28. The monoisotopic (exact) mass is 282 g/mol. The van der Waals surface area contributed by atoms with Gasteiger partial charge < -0.3 is 15.4 Å². The molecule has 4 heteroatoms. The van der Waals surface area contributed by atoms with Gasteiger partial charge in [0.1, 0.15) is 0 Å². The van der Waals surface area contributed by atoms with Crippen LogP contribution in [0.3, 0.4) is 0 Å². The van der Waals surface area contributed by atoms with E-state index in [4.69, 9.17) is 4.74 Å². The first-order valence-electron chi connectivity index (χ1n) is 8.16. The normalized spacial score (nSPS) is 29.9. The van der Waals surface area contributed by atoms with Crippen LogP contribution in [0.5, 0.6) is 0 Å². The molecule has 1 saturated carbocycles. The highest BCUT2D eigenvalue weighted by atomic mass is 16.5. The van der Waals surface area contributed by atoms with E-state index in [-0.39, 0.29) is 11.3 Å². The Labute approximate surface area is 123 Å². The van der Waals surface area contributed by atoms with Crippen LogP contribution in [-0.2, 0) is 9.53 Å². The van der Waals surface area contributed by atoms with E-state index in [0.29, 0.717) is 12.5 Å². The van der Waals surface area contributed by atoms with Crippen molar-refractivity contribution in [2.75, 3.05) is 33.4 Å². The second-order valence-corrected chi connectivity index (χ2v) is 6.70. The fourth-order valence-electron chi connectivity index (χ4n) is 3.73. The van der Waals surface area contributed by atoms with Gasteiger partial charge in [0.25, 0.3) is 0 Å². The molecule has 0 radical (unpaired) electrons. The number of hydrogen-bond acceptors (Lipinski definition) is 3. The summed E-state index contributed by atoms with van der Waals surface area (Å²) < 4.78 is 5.33. The van der Waals surface area contributed by atoms with E-state index in [1.165, 1.54) is 25.7 Å². The molecule has 0 aromatic heterocycles. The van der Waals surface area contributed by atoms with Crippen molar-refractivity contribution < 1.29 is 9.53 Å². The van der Waals surface area contributed by atoms with Crippen molar-refractivity contribution in [3.63, 3.8) is 0 Å². The van der Waals surface area contributed by atoms with Crippen molar-refractivity contribution in [3.05, 3.63) is 0 Å². The van der Waals surface area contributed by atoms with E-state index in [1.807, 2.05) is 0 Å². The molecule has 0 bridgehead atoms. The van der Waals surface area contributed by atoms with Crippen LogP contribution in [0, 0.1) is 17.3 Å². The molecule has 1 heterocycles. The fourth-order valence-corrected chi connectivity index (χ4v) is 3.73. The highest BCUT2D eigenvalue weighted by Crippen LogP contribution is 2.31. The van der Waals surface area contributed by atoms with Crippen LogP contribution < -0.4 is 10.6 Å². The van der Waals surface area contributed by atoms with Gasteiger partial charge in [0, 0.05) is 13.7 Å². The van der Waals surface area contributed by atoms with Crippen molar-refractivity contribution in [3.8, 4) is 0 Å². The van der Waals surface area contributed by atoms with Gasteiger partial charge in [0.15, 0.2) is 0 Å². The minimum Gasteiger partial charge on any atom is -0.384 e. The summed E-state index contributed by atoms with van der Waals surface area (Å²) in [6.45, 7) is 5.54. The van der Waals surface area contributed by atoms with Gasteiger partial charge in [0.05, 0.1) is 12.0 Å². The number of nitrogens with one attached hydrogen (secondary N) is 2. The van der Waals surface area contributed by atoms with E-state index in [9.17, 15) is 4.79 Å². The predicted octanol–water partition coefficient (Wildman–Crippen LogP) is 1.95. The minimum absolute atomic E-state index is 0.207. The van der Waals surface area contributed by atoms with E-state index >= 15 is 0 Å². The van der Waals surface area contributed by atoms with E-state index in [1.54, 1.807) is 7.11 Å². The summed E-state index contributed by atoms with van der Waals surface area (Å²) >= 11 is 0. The van der Waals surface area contributed by atoms with Crippen LogP contribution in [0.15, 0.2) is 0 Å². The molecular weight excluding hydrogens is 252 g/mol. The first-order chi connectivity index (χ1) is 9.68. The molecule has 20 heavy (non-hydrogen) atoms. The number of piperidine rings is 1. The Hall–Kier alpha value is -0.610. The zero-order valence-corrected chi connectivity index (χ0v) is 13.0. The van der Waals surface area contributed by atoms with Gasteiger partial charge in [-0.05, 0) is 44.2 Å². The summed E-state index contributed by atoms with van der Waals surface area (Å²) in [7, 11) is 1.69. The molecule has 2 atom stereocenters. The maximum absolute atomic E-state index is 12.6. The maximum Gasteiger partial charge on any atom is 0.228 e. The van der Waals surface area contributed by atoms with Crippen LogP contribution in [0.25, 0.3) is 0 Å². The summed E-state index contributed by atoms with van der Waals surface area (Å²) in [5.41, 5.74) is -0.308. The molecule has 1 saturated heterocycles. The third-order valence-corrected chi connectivity index (χ3v) is 5.28. The SMILES string of the molecule is COCC1(C(=O)NCC2CCCCC2C)CCNCC1. The molecule has 0 aromatic rings. The van der Waals surface area contributed by atoms with Gasteiger partial charge >= 0.3 is 0 Å². The van der Waals surface area contributed by atoms with Crippen molar-refractivity contribution in [2.24, 2.45) is 17.3 Å². The van der Waals surface area contributed by atoms with Gasteiger partial charge in [-0.2, -0.15) is 0 Å². The lowest BCUT2D eigenvalue weighted by Crippen LogP contribution is -2.51. The molecule has 2 aliphatic rings. The zero-order chi connectivity index (χ0) is 14.4. The summed E-state index contributed by atoms with van der Waals surface area (Å²) in [5.74, 6) is 1.61. The highest BCUT2D eigenvalue weighted by Gasteiger charge is 2.39. The van der Waals surface area contributed by atoms with Crippen molar-refractivity contribution >= 4 is 5.91 Å². The Morgan fingerprint density at radius 3 is 2.65 bits per heavy atom. The minimum atomic E-state index is -0.308. The molecule has 2 N–H and O–H groups in total. The molecular formula is C16H30N2O2. The van der Waals surface area contributed by atoms with Gasteiger partial charge in [-0.25, -0.2) is 0 Å². The summed E-state index contributed by atoms with van der Waals surface area (Å²) in [6.07, 6.45) is 7.01. The number of methoxy groups -OCH3 is 1. The molecule has 4 nitrogen and oxygen atoms in total. The van der Waals surface area contributed by atoms with Crippen LogP contribution in [0.4, 0.5) is 0 Å². The highest BCUT2D eigenvalue weighted by molar-refractivity contribution is 5.83. The first-order valence-corrected chi connectivity index (χ1v) is 8.16. The van der Waals surface area contributed by atoms with Gasteiger partial charge in [-0.15, -0.1) is 0 Å². The molecule has 2 fully saturated rings. The Bertz CT molecular complexity index is 308. The number of amides is 1. The van der Waals surface area contributed by atoms with Gasteiger partial charge in [-0.3, -0.25) is 4.79 Å². The third kappa shape index (κ3) is 3.73. The molecule has 2 rings (SSSR count). The van der Waals surface area contributed by atoms with Crippen molar-refractivity contribution in [2.45, 2.75) is 45.4 Å². The summed E-state index contributed by atoms with van der Waals surface area (Å²) in [6, 6.07) is 0. The number of carbonyl (C=O) groups is 1. The average Bonchev–Trinajstić information content (AvgIpc) is 2.47. The topological polar surface area (TPSA) is 50.4 Å². The maximum atomic E-state index is 12.6. The molecule has 116 valence electrons. The first kappa shape index (κ1) is 15.8. The van der Waals surface area contributed by atoms with Crippen LogP contribution >= 0.6 is 0 Å². The number of carbonyl (C=O) groups excluding carboxylic acids is 1. The Morgan fingerprint density at radius 1 is 1.30 bits per heavy atom.